The van der Waals surface area contributed by atoms with Crippen LogP contribution in [0.2, 0.25) is 0 Å². The monoisotopic (exact) mass is 365 g/mol. The molecule has 1 aromatic carbocycles. The van der Waals surface area contributed by atoms with Gasteiger partial charge in [0.1, 0.15) is 5.82 Å². The lowest BCUT2D eigenvalue weighted by Gasteiger charge is -2.34. The molecule has 1 N–H and O–H groups in total. The van der Waals surface area contributed by atoms with E-state index in [1.807, 2.05) is 4.90 Å². The van der Waals surface area contributed by atoms with Gasteiger partial charge in [-0.25, -0.2) is 4.98 Å². The summed E-state index contributed by atoms with van der Waals surface area (Å²) in [5.74, 6) is 0.716. The molecule has 0 unspecified atom stereocenters. The van der Waals surface area contributed by atoms with Crippen molar-refractivity contribution in [3.8, 4) is 0 Å². The van der Waals surface area contributed by atoms with Crippen molar-refractivity contribution in [2.75, 3.05) is 36.4 Å². The van der Waals surface area contributed by atoms with E-state index < -0.39 is 11.7 Å². The van der Waals surface area contributed by atoms with E-state index in [1.165, 1.54) is 37.4 Å². The third-order valence-electron chi connectivity index (χ3n) is 4.15. The number of para-hydroxylation sites is 1. The summed E-state index contributed by atoms with van der Waals surface area (Å²) in [6, 6.07) is 6.76. The number of rotatable bonds is 3. The van der Waals surface area contributed by atoms with Crippen molar-refractivity contribution in [2.24, 2.45) is 0 Å². The molecule has 1 aliphatic heterocycles. The third kappa shape index (κ3) is 4.04. The summed E-state index contributed by atoms with van der Waals surface area (Å²) < 4.78 is 39.3. The largest absolute Gasteiger partial charge is 0.418 e. The smallest absolute Gasteiger partial charge is 0.340 e. The van der Waals surface area contributed by atoms with Crippen molar-refractivity contribution < 1.29 is 18.0 Å². The second kappa shape index (κ2) is 7.19. The van der Waals surface area contributed by atoms with Gasteiger partial charge in [0, 0.05) is 39.3 Å². The number of piperazine rings is 1. The average Bonchev–Trinajstić information content (AvgIpc) is 2.61. The number of nitrogens with one attached hydrogen (secondary N) is 1. The van der Waals surface area contributed by atoms with Crippen LogP contribution in [0, 0.1) is 0 Å². The highest BCUT2D eigenvalue weighted by Crippen LogP contribution is 2.35. The number of hydrogen-bond acceptors (Lipinski definition) is 5. The van der Waals surface area contributed by atoms with Crippen molar-refractivity contribution in [1.82, 2.24) is 14.9 Å². The number of alkyl halides is 3. The Labute approximate surface area is 148 Å². The van der Waals surface area contributed by atoms with E-state index in [0.29, 0.717) is 32.1 Å². The first-order valence-electron chi connectivity index (χ1n) is 8.11. The van der Waals surface area contributed by atoms with E-state index in [9.17, 15) is 18.0 Å². The van der Waals surface area contributed by atoms with Crippen molar-refractivity contribution >= 4 is 23.4 Å². The van der Waals surface area contributed by atoms with Gasteiger partial charge in [-0.15, -0.1) is 0 Å². The molecule has 0 atom stereocenters. The van der Waals surface area contributed by atoms with Gasteiger partial charge in [0.2, 0.25) is 11.9 Å². The molecule has 1 aromatic heterocycles. The predicted octanol–water partition coefficient (Wildman–Crippen LogP) is 2.91. The minimum absolute atomic E-state index is 0.0183. The fourth-order valence-corrected chi connectivity index (χ4v) is 2.77. The van der Waals surface area contributed by atoms with Gasteiger partial charge in [-0.1, -0.05) is 12.1 Å². The number of carbonyl (C=O) groups excluding carboxylic acids is 1. The number of amides is 1. The second-order valence-electron chi connectivity index (χ2n) is 5.90. The number of carbonyl (C=O) groups is 1. The van der Waals surface area contributed by atoms with Crippen LogP contribution >= 0.6 is 0 Å². The molecule has 1 amide bonds. The molecule has 0 spiro atoms. The number of benzene rings is 1. The quantitative estimate of drug-likeness (QED) is 0.906. The fraction of sp³-hybridized carbons (Fsp3) is 0.353. The Kier molecular flexibility index (Phi) is 4.97. The van der Waals surface area contributed by atoms with Gasteiger partial charge in [0.05, 0.1) is 11.3 Å². The standard InChI is InChI=1S/C17H18F3N5O/c1-12(26)24-8-10-25(11-9-24)16-21-7-6-15(23-16)22-14-5-3-2-4-13(14)17(18,19)20/h2-7H,8-11H2,1H3,(H,21,22,23). The maximum atomic E-state index is 13.1. The van der Waals surface area contributed by atoms with Crippen LogP contribution in [0.3, 0.4) is 0 Å². The van der Waals surface area contributed by atoms with Gasteiger partial charge in [0.15, 0.2) is 0 Å². The minimum Gasteiger partial charge on any atom is -0.340 e. The van der Waals surface area contributed by atoms with Crippen LogP contribution in [-0.2, 0) is 11.0 Å². The molecule has 0 saturated carbocycles. The molecule has 138 valence electrons. The van der Waals surface area contributed by atoms with Crippen LogP contribution in [0.4, 0.5) is 30.6 Å². The zero-order valence-corrected chi connectivity index (χ0v) is 14.1. The number of aromatic nitrogens is 2. The summed E-state index contributed by atoms with van der Waals surface area (Å²) in [7, 11) is 0. The Morgan fingerprint density at radius 2 is 1.81 bits per heavy atom. The van der Waals surface area contributed by atoms with E-state index in [1.54, 1.807) is 4.90 Å². The van der Waals surface area contributed by atoms with Crippen LogP contribution in [0.25, 0.3) is 0 Å². The predicted molar refractivity (Wildman–Crippen MR) is 91.2 cm³/mol. The van der Waals surface area contributed by atoms with E-state index in [0.717, 1.165) is 6.07 Å². The summed E-state index contributed by atoms with van der Waals surface area (Å²) in [5.41, 5.74) is -0.818. The first-order valence-corrected chi connectivity index (χ1v) is 8.11. The van der Waals surface area contributed by atoms with Crippen molar-refractivity contribution in [1.29, 1.82) is 0 Å². The summed E-state index contributed by atoms with van der Waals surface area (Å²) in [5, 5.41) is 2.72. The topological polar surface area (TPSA) is 61.4 Å². The molecule has 0 bridgehead atoms. The first kappa shape index (κ1) is 18.0. The zero-order valence-electron chi connectivity index (χ0n) is 14.1. The SMILES string of the molecule is CC(=O)N1CCN(c2nccc(Nc3ccccc3C(F)(F)F)n2)CC1. The van der Waals surface area contributed by atoms with Gasteiger partial charge in [-0.2, -0.15) is 18.2 Å². The minimum atomic E-state index is -4.46. The number of nitrogens with zero attached hydrogens (tertiary/aromatic N) is 4. The Bertz CT molecular complexity index is 788. The van der Waals surface area contributed by atoms with E-state index in [4.69, 9.17) is 0 Å². The molecule has 2 heterocycles. The molecule has 1 fully saturated rings. The van der Waals surface area contributed by atoms with Crippen molar-refractivity contribution in [3.05, 3.63) is 42.1 Å². The molecule has 6 nitrogen and oxygen atoms in total. The Morgan fingerprint density at radius 1 is 1.12 bits per heavy atom. The van der Waals surface area contributed by atoms with Crippen LogP contribution in [0.5, 0.6) is 0 Å². The number of anilines is 3. The molecule has 1 saturated heterocycles. The highest BCUT2D eigenvalue weighted by molar-refractivity contribution is 5.73. The molecule has 2 aromatic rings. The molecular formula is C17H18F3N5O. The Morgan fingerprint density at radius 3 is 2.46 bits per heavy atom. The van der Waals surface area contributed by atoms with Gasteiger partial charge in [0.25, 0.3) is 0 Å². The Balaban J connectivity index is 1.76. The molecule has 9 heteroatoms. The van der Waals surface area contributed by atoms with Crippen molar-refractivity contribution in [2.45, 2.75) is 13.1 Å². The maximum absolute atomic E-state index is 13.1. The van der Waals surface area contributed by atoms with Gasteiger partial charge >= 0.3 is 6.18 Å². The Hall–Kier alpha value is -2.84. The zero-order chi connectivity index (χ0) is 18.7. The van der Waals surface area contributed by atoms with E-state index >= 15 is 0 Å². The lowest BCUT2D eigenvalue weighted by molar-refractivity contribution is -0.137. The highest BCUT2D eigenvalue weighted by Gasteiger charge is 2.33. The van der Waals surface area contributed by atoms with Gasteiger partial charge in [-0.05, 0) is 18.2 Å². The van der Waals surface area contributed by atoms with Crippen LogP contribution in [0.15, 0.2) is 36.5 Å². The number of hydrogen-bond donors (Lipinski definition) is 1. The fourth-order valence-electron chi connectivity index (χ4n) is 2.77. The number of halogens is 3. The molecule has 0 aliphatic carbocycles. The first-order chi connectivity index (χ1) is 12.3. The van der Waals surface area contributed by atoms with Gasteiger partial charge in [-0.3, -0.25) is 4.79 Å². The molecule has 1 aliphatic rings. The second-order valence-corrected chi connectivity index (χ2v) is 5.90. The van der Waals surface area contributed by atoms with E-state index in [-0.39, 0.29) is 17.4 Å². The lowest BCUT2D eigenvalue weighted by Crippen LogP contribution is -2.48. The summed E-state index contributed by atoms with van der Waals surface area (Å²) in [4.78, 5) is 23.5. The highest BCUT2D eigenvalue weighted by atomic mass is 19.4. The lowest BCUT2D eigenvalue weighted by atomic mass is 10.1. The third-order valence-corrected chi connectivity index (χ3v) is 4.15. The van der Waals surface area contributed by atoms with Crippen LogP contribution in [-0.4, -0.2) is 47.0 Å². The normalized spacial score (nSPS) is 15.1. The molecular weight excluding hydrogens is 347 g/mol. The molecule has 3 rings (SSSR count). The van der Waals surface area contributed by atoms with Crippen LogP contribution in [0.1, 0.15) is 12.5 Å². The summed E-state index contributed by atoms with van der Waals surface area (Å²) in [6.45, 7) is 3.79. The molecule has 0 radical (unpaired) electrons. The summed E-state index contributed by atoms with van der Waals surface area (Å²) >= 11 is 0. The molecule has 26 heavy (non-hydrogen) atoms. The van der Waals surface area contributed by atoms with Crippen LogP contribution < -0.4 is 10.2 Å². The maximum Gasteiger partial charge on any atom is 0.418 e. The van der Waals surface area contributed by atoms with E-state index in [2.05, 4.69) is 15.3 Å². The van der Waals surface area contributed by atoms with Gasteiger partial charge < -0.3 is 15.1 Å². The van der Waals surface area contributed by atoms with Crippen molar-refractivity contribution in [3.63, 3.8) is 0 Å². The summed E-state index contributed by atoms with van der Waals surface area (Å²) in [6.07, 6.45) is -2.96. The average molecular weight is 365 g/mol.